The van der Waals surface area contributed by atoms with Crippen molar-refractivity contribution in [3.8, 4) is 11.8 Å². The number of nitrogens with two attached hydrogens (primary N) is 1. The van der Waals surface area contributed by atoms with E-state index in [-0.39, 0.29) is 6.04 Å². The topological polar surface area (TPSA) is 102 Å². The van der Waals surface area contributed by atoms with Gasteiger partial charge in [-0.3, -0.25) is 0 Å². The van der Waals surface area contributed by atoms with Gasteiger partial charge in [0.25, 0.3) is 0 Å². The van der Waals surface area contributed by atoms with Crippen LogP contribution in [0.4, 0.5) is 5.95 Å². The molecule has 1 aliphatic heterocycles. The van der Waals surface area contributed by atoms with E-state index in [4.69, 9.17) is 10.5 Å². The number of allylic oxidation sites excluding steroid dienone is 1. The lowest BCUT2D eigenvalue weighted by atomic mass is 9.98. The minimum atomic E-state index is -0.385. The monoisotopic (exact) mass is 268 g/mol. The molecule has 3 N–H and O–H groups in total. The van der Waals surface area contributed by atoms with Crippen LogP contribution in [0.5, 0.6) is 5.75 Å². The Hall–Kier alpha value is -3.01. The molecule has 0 amide bonds. The van der Waals surface area contributed by atoms with Gasteiger partial charge in [-0.1, -0.05) is 12.1 Å². The van der Waals surface area contributed by atoms with Gasteiger partial charge in [0.15, 0.2) is 0 Å². The minimum absolute atomic E-state index is 0.300. The molecular weight excluding hydrogens is 256 g/mol. The minimum Gasteiger partial charge on any atom is -0.497 e. The lowest BCUT2D eigenvalue weighted by Gasteiger charge is -2.25. The summed E-state index contributed by atoms with van der Waals surface area (Å²) in [7, 11) is 1.60. The van der Waals surface area contributed by atoms with Gasteiger partial charge in [-0.15, -0.1) is 0 Å². The third-order valence-electron chi connectivity index (χ3n) is 3.18. The van der Waals surface area contributed by atoms with Crippen LogP contribution in [-0.2, 0) is 0 Å². The van der Waals surface area contributed by atoms with Crippen molar-refractivity contribution in [1.29, 1.82) is 5.26 Å². The highest BCUT2D eigenvalue weighted by atomic mass is 16.5. The van der Waals surface area contributed by atoms with Crippen molar-refractivity contribution in [3.63, 3.8) is 0 Å². The Labute approximate surface area is 115 Å². The first-order valence-corrected chi connectivity index (χ1v) is 5.95. The van der Waals surface area contributed by atoms with E-state index in [0.717, 1.165) is 11.3 Å². The standard InChI is InChI=1S/C13H12N6O/c1-20-9-4-2-8(3-5-9)11-10(6-14)12(15)18-13-16-7-17-19(11)13/h2-5,7,11H,15H2,1H3,(H,16,17,18)/t11-/m0/s1. The first-order chi connectivity index (χ1) is 9.74. The number of methoxy groups -OCH3 is 1. The molecule has 2 aromatic rings. The highest BCUT2D eigenvalue weighted by molar-refractivity contribution is 5.51. The maximum atomic E-state index is 9.34. The number of benzene rings is 1. The molecule has 7 nitrogen and oxygen atoms in total. The van der Waals surface area contributed by atoms with Crippen molar-refractivity contribution < 1.29 is 4.74 Å². The summed E-state index contributed by atoms with van der Waals surface area (Å²) >= 11 is 0. The number of aromatic nitrogens is 3. The van der Waals surface area contributed by atoms with Crippen LogP contribution in [-0.4, -0.2) is 21.9 Å². The summed E-state index contributed by atoms with van der Waals surface area (Å²) in [5.74, 6) is 1.56. The first kappa shape index (κ1) is 12.0. The van der Waals surface area contributed by atoms with Gasteiger partial charge >= 0.3 is 0 Å². The van der Waals surface area contributed by atoms with Crippen LogP contribution >= 0.6 is 0 Å². The molecule has 0 bridgehead atoms. The van der Waals surface area contributed by atoms with Gasteiger partial charge in [-0.2, -0.15) is 15.3 Å². The predicted octanol–water partition coefficient (Wildman–Crippen LogP) is 0.995. The maximum Gasteiger partial charge on any atom is 0.227 e. The van der Waals surface area contributed by atoms with Crippen LogP contribution in [0, 0.1) is 11.3 Å². The molecule has 2 heterocycles. The van der Waals surface area contributed by atoms with Crippen LogP contribution in [0.15, 0.2) is 42.0 Å². The van der Waals surface area contributed by atoms with Gasteiger partial charge in [0, 0.05) is 0 Å². The molecule has 0 saturated heterocycles. The number of fused-ring (bicyclic) bond motifs is 1. The summed E-state index contributed by atoms with van der Waals surface area (Å²) in [6.07, 6.45) is 1.42. The molecule has 20 heavy (non-hydrogen) atoms. The number of ether oxygens (including phenoxy) is 1. The van der Waals surface area contributed by atoms with E-state index >= 15 is 0 Å². The number of hydrogen-bond acceptors (Lipinski definition) is 6. The zero-order valence-electron chi connectivity index (χ0n) is 10.7. The summed E-state index contributed by atoms with van der Waals surface area (Å²) in [4.78, 5) is 4.08. The van der Waals surface area contributed by atoms with E-state index in [0.29, 0.717) is 17.3 Å². The fourth-order valence-electron chi connectivity index (χ4n) is 2.20. The summed E-state index contributed by atoms with van der Waals surface area (Å²) in [5, 5.41) is 16.4. The second-order valence-corrected chi connectivity index (χ2v) is 4.27. The molecule has 0 fully saturated rings. The van der Waals surface area contributed by atoms with Crippen LogP contribution in [0.2, 0.25) is 0 Å². The molecule has 0 unspecified atom stereocenters. The highest BCUT2D eigenvalue weighted by Gasteiger charge is 2.29. The van der Waals surface area contributed by atoms with Crippen molar-refractivity contribution in [2.45, 2.75) is 6.04 Å². The Balaban J connectivity index is 2.12. The van der Waals surface area contributed by atoms with Gasteiger partial charge in [0.2, 0.25) is 5.95 Å². The number of nitrogens with zero attached hydrogens (tertiary/aromatic N) is 4. The molecule has 1 aromatic heterocycles. The maximum absolute atomic E-state index is 9.34. The van der Waals surface area contributed by atoms with Crippen LogP contribution in [0.3, 0.4) is 0 Å². The average Bonchev–Trinajstić information content (AvgIpc) is 2.93. The second kappa shape index (κ2) is 4.59. The first-order valence-electron chi connectivity index (χ1n) is 5.95. The quantitative estimate of drug-likeness (QED) is 0.842. The van der Waals surface area contributed by atoms with Crippen LogP contribution in [0.1, 0.15) is 11.6 Å². The number of nitrogens with one attached hydrogen (secondary N) is 1. The van der Waals surface area contributed by atoms with E-state index < -0.39 is 0 Å². The smallest absolute Gasteiger partial charge is 0.227 e. The molecule has 100 valence electrons. The normalized spacial score (nSPS) is 17.1. The molecule has 7 heteroatoms. The largest absolute Gasteiger partial charge is 0.497 e. The molecule has 0 saturated carbocycles. The van der Waals surface area contributed by atoms with Gasteiger partial charge in [-0.05, 0) is 17.7 Å². The molecule has 1 atom stereocenters. The van der Waals surface area contributed by atoms with Crippen molar-refractivity contribution in [2.24, 2.45) is 5.73 Å². The van der Waals surface area contributed by atoms with Crippen molar-refractivity contribution >= 4 is 5.95 Å². The zero-order valence-corrected chi connectivity index (χ0v) is 10.7. The van der Waals surface area contributed by atoms with E-state index in [1.807, 2.05) is 24.3 Å². The van der Waals surface area contributed by atoms with E-state index in [2.05, 4.69) is 21.5 Å². The Kier molecular flexibility index (Phi) is 2.76. The molecule has 1 aromatic carbocycles. The Morgan fingerprint density at radius 3 is 2.80 bits per heavy atom. The second-order valence-electron chi connectivity index (χ2n) is 4.27. The summed E-state index contributed by atoms with van der Waals surface area (Å²) in [5.41, 5.74) is 7.19. The van der Waals surface area contributed by atoms with Crippen LogP contribution < -0.4 is 15.8 Å². The third-order valence-corrected chi connectivity index (χ3v) is 3.18. The Morgan fingerprint density at radius 1 is 1.40 bits per heavy atom. The molecule has 0 spiro atoms. The summed E-state index contributed by atoms with van der Waals surface area (Å²) in [6, 6.07) is 9.17. The molecular formula is C13H12N6O. The number of anilines is 1. The van der Waals surface area contributed by atoms with E-state index in [1.54, 1.807) is 11.8 Å². The number of rotatable bonds is 2. The average molecular weight is 268 g/mol. The molecule has 3 rings (SSSR count). The third kappa shape index (κ3) is 1.75. The van der Waals surface area contributed by atoms with Crippen LogP contribution in [0.25, 0.3) is 0 Å². The lowest BCUT2D eigenvalue weighted by Crippen LogP contribution is -2.28. The zero-order chi connectivity index (χ0) is 14.1. The van der Waals surface area contributed by atoms with E-state index in [1.165, 1.54) is 6.33 Å². The number of hydrogen-bond donors (Lipinski definition) is 2. The highest BCUT2D eigenvalue weighted by Crippen LogP contribution is 2.33. The van der Waals surface area contributed by atoms with E-state index in [9.17, 15) is 5.26 Å². The van der Waals surface area contributed by atoms with Gasteiger partial charge < -0.3 is 15.8 Å². The van der Waals surface area contributed by atoms with Gasteiger partial charge in [0.1, 0.15) is 30.0 Å². The number of nitriles is 1. The molecule has 0 aliphatic carbocycles. The van der Waals surface area contributed by atoms with Gasteiger partial charge in [-0.25, -0.2) is 4.68 Å². The fourth-order valence-corrected chi connectivity index (χ4v) is 2.20. The van der Waals surface area contributed by atoms with Crippen molar-refractivity contribution in [3.05, 3.63) is 47.6 Å². The lowest BCUT2D eigenvalue weighted by molar-refractivity contribution is 0.414. The molecule has 1 aliphatic rings. The van der Waals surface area contributed by atoms with Crippen molar-refractivity contribution in [2.75, 3.05) is 12.4 Å². The van der Waals surface area contributed by atoms with Gasteiger partial charge in [0.05, 0.1) is 12.7 Å². The molecule has 0 radical (unpaired) electrons. The Morgan fingerprint density at radius 2 is 2.15 bits per heavy atom. The summed E-state index contributed by atoms with van der Waals surface area (Å²) in [6.45, 7) is 0. The van der Waals surface area contributed by atoms with Crippen molar-refractivity contribution in [1.82, 2.24) is 14.8 Å². The fraction of sp³-hybridized carbons (Fsp3) is 0.154. The SMILES string of the molecule is COc1ccc([C@H]2C(C#N)=C(N)Nc3ncnn32)cc1. The summed E-state index contributed by atoms with van der Waals surface area (Å²) < 4.78 is 6.77. The Bertz CT molecular complexity index is 709. The predicted molar refractivity (Wildman–Crippen MR) is 71.6 cm³/mol.